The number of carbonyl (C=O) groups is 2. The van der Waals surface area contributed by atoms with E-state index in [1.165, 1.54) is 23.1 Å². The first kappa shape index (κ1) is 21.8. The number of hydrogen-bond acceptors (Lipinski definition) is 6. The third-order valence-electron chi connectivity index (χ3n) is 4.19. The second kappa shape index (κ2) is 9.78. The topological polar surface area (TPSA) is 84.0 Å². The zero-order valence-electron chi connectivity index (χ0n) is 15.8. The van der Waals surface area contributed by atoms with Gasteiger partial charge in [0.15, 0.2) is 4.34 Å². The second-order valence-electron chi connectivity index (χ2n) is 6.31. The van der Waals surface area contributed by atoms with Crippen molar-refractivity contribution in [1.82, 2.24) is 10.2 Å². The van der Waals surface area contributed by atoms with Crippen molar-refractivity contribution < 1.29 is 9.59 Å². The number of hydrogen-bond donors (Lipinski definition) is 2. The van der Waals surface area contributed by atoms with Crippen LogP contribution in [0.3, 0.4) is 0 Å². The third kappa shape index (κ3) is 5.43. The van der Waals surface area contributed by atoms with Gasteiger partial charge in [-0.2, -0.15) is 0 Å². The maximum absolute atomic E-state index is 12.4. The molecule has 4 aromatic rings. The van der Waals surface area contributed by atoms with Crippen molar-refractivity contribution in [2.24, 2.45) is 0 Å². The molecule has 0 aliphatic rings. The molecule has 6 nitrogen and oxygen atoms in total. The molecule has 0 radical (unpaired) electrons. The van der Waals surface area contributed by atoms with Crippen molar-refractivity contribution in [3.63, 3.8) is 0 Å². The molecule has 0 fully saturated rings. The molecule has 3 aromatic carbocycles. The average Bonchev–Trinajstić information content (AvgIpc) is 3.21. The first-order chi connectivity index (χ1) is 15.0. The van der Waals surface area contributed by atoms with Gasteiger partial charge in [0, 0.05) is 15.5 Å². The Morgan fingerprint density at radius 2 is 1.84 bits per heavy atom. The monoisotopic (exact) mass is 532 g/mol. The molecule has 0 atom stereocenters. The Morgan fingerprint density at radius 1 is 1.03 bits per heavy atom. The van der Waals surface area contributed by atoms with Crippen LogP contribution in [0.1, 0.15) is 10.4 Å². The number of thioether (sulfide) groups is 1. The summed E-state index contributed by atoms with van der Waals surface area (Å²) in [7, 11) is 0. The van der Waals surface area contributed by atoms with Crippen LogP contribution in [0.25, 0.3) is 10.8 Å². The van der Waals surface area contributed by atoms with E-state index < -0.39 is 0 Å². The minimum Gasteiger partial charge on any atom is -0.325 e. The van der Waals surface area contributed by atoms with E-state index in [1.54, 1.807) is 18.2 Å². The number of rotatable bonds is 6. The van der Waals surface area contributed by atoms with Crippen molar-refractivity contribution in [2.75, 3.05) is 16.4 Å². The molecule has 31 heavy (non-hydrogen) atoms. The largest absolute Gasteiger partial charge is 0.325 e. The smallest absolute Gasteiger partial charge is 0.259 e. The maximum atomic E-state index is 12.4. The van der Waals surface area contributed by atoms with Crippen molar-refractivity contribution in [3.8, 4) is 0 Å². The van der Waals surface area contributed by atoms with Crippen LogP contribution in [0.4, 0.5) is 10.8 Å². The van der Waals surface area contributed by atoms with Crippen LogP contribution in [-0.2, 0) is 4.79 Å². The van der Waals surface area contributed by atoms with Crippen LogP contribution >= 0.6 is 50.6 Å². The molecule has 0 aliphatic heterocycles. The fourth-order valence-corrected chi connectivity index (χ4v) is 4.91. The van der Waals surface area contributed by atoms with Gasteiger partial charge in [-0.15, -0.1) is 10.2 Å². The molecule has 156 valence electrons. The van der Waals surface area contributed by atoms with Gasteiger partial charge in [-0.05, 0) is 29.7 Å². The zero-order valence-corrected chi connectivity index (χ0v) is 19.7. The molecule has 2 N–H and O–H groups in total. The standard InChI is InChI=1S/C21H14BrClN4O2S2/c22-13-8-9-16(23)15(10-13)19(29)25-20-26-27-21(31-20)30-11-18(28)24-17-7-3-5-12-4-1-2-6-14(12)17/h1-10H,11H2,(H,24,28)(H,25,26,29). The predicted molar refractivity (Wildman–Crippen MR) is 130 cm³/mol. The molecule has 10 heteroatoms. The minimum atomic E-state index is -0.382. The number of benzene rings is 3. The van der Waals surface area contributed by atoms with E-state index in [-0.39, 0.29) is 17.6 Å². The fraction of sp³-hybridized carbons (Fsp3) is 0.0476. The Hall–Kier alpha value is -2.46. The van der Waals surface area contributed by atoms with Crippen molar-refractivity contribution in [2.45, 2.75) is 4.34 Å². The highest BCUT2D eigenvalue weighted by Gasteiger charge is 2.15. The van der Waals surface area contributed by atoms with Crippen molar-refractivity contribution in [3.05, 3.63) is 75.7 Å². The van der Waals surface area contributed by atoms with Gasteiger partial charge in [-0.1, -0.05) is 87.0 Å². The molecule has 4 rings (SSSR count). The fourth-order valence-electron chi connectivity index (χ4n) is 2.80. The molecule has 0 saturated carbocycles. The van der Waals surface area contributed by atoms with Gasteiger partial charge in [-0.3, -0.25) is 14.9 Å². The van der Waals surface area contributed by atoms with Gasteiger partial charge in [0.25, 0.3) is 5.91 Å². The second-order valence-corrected chi connectivity index (χ2v) is 9.84. The summed E-state index contributed by atoms with van der Waals surface area (Å²) in [4.78, 5) is 24.8. The van der Waals surface area contributed by atoms with Gasteiger partial charge in [0.2, 0.25) is 11.0 Å². The molecule has 1 heterocycles. The molecule has 0 saturated heterocycles. The van der Waals surface area contributed by atoms with Crippen LogP contribution in [0.5, 0.6) is 0 Å². The number of nitrogens with zero attached hydrogens (tertiary/aromatic N) is 2. The highest BCUT2D eigenvalue weighted by molar-refractivity contribution is 9.10. The summed E-state index contributed by atoms with van der Waals surface area (Å²) >= 11 is 11.8. The minimum absolute atomic E-state index is 0.150. The lowest BCUT2D eigenvalue weighted by Gasteiger charge is -2.08. The van der Waals surface area contributed by atoms with Crippen LogP contribution in [0, 0.1) is 0 Å². The summed E-state index contributed by atoms with van der Waals surface area (Å²) < 4.78 is 1.32. The number of anilines is 2. The summed E-state index contributed by atoms with van der Waals surface area (Å²) in [6.07, 6.45) is 0. The van der Waals surface area contributed by atoms with E-state index in [0.717, 1.165) is 20.9 Å². The van der Waals surface area contributed by atoms with E-state index in [0.29, 0.717) is 20.1 Å². The van der Waals surface area contributed by atoms with E-state index in [4.69, 9.17) is 11.6 Å². The summed E-state index contributed by atoms with van der Waals surface area (Å²) in [6.45, 7) is 0. The summed E-state index contributed by atoms with van der Waals surface area (Å²) in [5.74, 6) is -0.362. The number of amides is 2. The zero-order chi connectivity index (χ0) is 21.8. The van der Waals surface area contributed by atoms with Crippen molar-refractivity contribution in [1.29, 1.82) is 0 Å². The van der Waals surface area contributed by atoms with Crippen LogP contribution in [0.2, 0.25) is 5.02 Å². The summed E-state index contributed by atoms with van der Waals surface area (Å²) in [6, 6.07) is 18.7. The lowest BCUT2D eigenvalue weighted by atomic mass is 10.1. The first-order valence-electron chi connectivity index (χ1n) is 9.00. The van der Waals surface area contributed by atoms with Gasteiger partial charge >= 0.3 is 0 Å². The maximum Gasteiger partial charge on any atom is 0.259 e. The number of halogens is 2. The molecule has 0 unspecified atom stereocenters. The average molecular weight is 534 g/mol. The van der Waals surface area contributed by atoms with Crippen molar-refractivity contribution >= 4 is 84.0 Å². The lowest BCUT2D eigenvalue weighted by molar-refractivity contribution is -0.113. The Kier molecular flexibility index (Phi) is 6.86. The first-order valence-corrected chi connectivity index (χ1v) is 12.0. The third-order valence-corrected chi connectivity index (χ3v) is 6.99. The highest BCUT2D eigenvalue weighted by atomic mass is 79.9. The van der Waals surface area contributed by atoms with Gasteiger partial charge in [-0.25, -0.2) is 0 Å². The van der Waals surface area contributed by atoms with Crippen LogP contribution in [0.15, 0.2) is 69.5 Å². The lowest BCUT2D eigenvalue weighted by Crippen LogP contribution is -2.14. The van der Waals surface area contributed by atoms with Gasteiger partial charge in [0.1, 0.15) is 0 Å². The van der Waals surface area contributed by atoms with E-state index in [2.05, 4.69) is 36.8 Å². The number of nitrogens with one attached hydrogen (secondary N) is 2. The Balaban J connectivity index is 1.35. The van der Waals surface area contributed by atoms with Crippen LogP contribution in [-0.4, -0.2) is 27.8 Å². The molecule has 1 aromatic heterocycles. The number of carbonyl (C=O) groups excluding carboxylic acids is 2. The Bertz CT molecular complexity index is 1280. The summed E-state index contributed by atoms with van der Waals surface area (Å²) in [5, 5.41) is 16.3. The normalized spacial score (nSPS) is 10.8. The Morgan fingerprint density at radius 3 is 2.71 bits per heavy atom. The molecular weight excluding hydrogens is 520 g/mol. The number of aromatic nitrogens is 2. The predicted octanol–water partition coefficient (Wildman–Crippen LogP) is 6.09. The molecule has 0 bridgehead atoms. The van der Waals surface area contributed by atoms with E-state index in [9.17, 15) is 9.59 Å². The quantitative estimate of drug-likeness (QED) is 0.231. The van der Waals surface area contributed by atoms with Gasteiger partial charge in [0.05, 0.1) is 16.3 Å². The summed E-state index contributed by atoms with van der Waals surface area (Å²) in [5.41, 5.74) is 1.09. The molecule has 0 aliphatic carbocycles. The molecule has 0 spiro atoms. The SMILES string of the molecule is O=C(CSc1nnc(NC(=O)c2cc(Br)ccc2Cl)s1)Nc1cccc2ccccc12. The Labute approximate surface area is 199 Å². The van der Waals surface area contributed by atoms with E-state index in [1.807, 2.05) is 42.5 Å². The highest BCUT2D eigenvalue weighted by Crippen LogP contribution is 2.28. The van der Waals surface area contributed by atoms with Crippen LogP contribution < -0.4 is 10.6 Å². The van der Waals surface area contributed by atoms with Gasteiger partial charge < -0.3 is 5.32 Å². The molecular formula is C21H14BrClN4O2S2. The molecule has 2 amide bonds. The number of fused-ring (bicyclic) bond motifs is 1. The van der Waals surface area contributed by atoms with E-state index >= 15 is 0 Å².